The van der Waals surface area contributed by atoms with Crippen molar-refractivity contribution in [2.45, 2.75) is 0 Å². The molecule has 0 aliphatic rings. The zero-order valence-corrected chi connectivity index (χ0v) is 13.5. The molecule has 0 radical (unpaired) electrons. The van der Waals surface area contributed by atoms with Crippen LogP contribution in [0.5, 0.6) is 5.75 Å². The molecule has 0 saturated heterocycles. The molecule has 0 unspecified atom stereocenters. The number of halogens is 1. The lowest BCUT2D eigenvalue weighted by molar-refractivity contribution is 0.0986. The maximum absolute atomic E-state index is 13.1. The Morgan fingerprint density at radius 3 is 2.42 bits per heavy atom. The van der Waals surface area contributed by atoms with E-state index in [1.54, 1.807) is 35.9 Å². The molecule has 0 atom stereocenters. The number of imidazole rings is 1. The van der Waals surface area contributed by atoms with Crippen LogP contribution in [0.15, 0.2) is 54.7 Å². The Kier molecular flexibility index (Phi) is 4.18. The summed E-state index contributed by atoms with van der Waals surface area (Å²) < 4.78 is 15.0. The van der Waals surface area contributed by atoms with E-state index in [1.807, 2.05) is 0 Å². The normalized spacial score (nSPS) is 10.6. The van der Waals surface area contributed by atoms with Crippen LogP contribution in [0.3, 0.4) is 0 Å². The number of amides is 1. The second-order valence-corrected chi connectivity index (χ2v) is 5.56. The second-order valence-electron chi connectivity index (χ2n) is 5.17. The van der Waals surface area contributed by atoms with E-state index in [4.69, 9.17) is 12.2 Å². The first-order chi connectivity index (χ1) is 11.5. The number of carbonyl (C=O) groups is 1. The highest BCUT2D eigenvalue weighted by atomic mass is 32.1. The fourth-order valence-corrected chi connectivity index (χ4v) is 2.60. The SMILES string of the molecule is CN(C(=O)c1c[nH]c(=S)n1-c1ccc(F)cc1)c1ccc(O)cc1. The van der Waals surface area contributed by atoms with Crippen LogP contribution in [0.2, 0.25) is 0 Å². The van der Waals surface area contributed by atoms with Crippen molar-refractivity contribution in [3.63, 3.8) is 0 Å². The standard InChI is InChI=1S/C17H14FN3O2S/c1-20(12-6-8-14(22)9-7-12)16(23)15-10-19-17(24)21(15)13-4-2-11(18)3-5-13/h2-10,22H,1H3,(H,19,24). The summed E-state index contributed by atoms with van der Waals surface area (Å²) >= 11 is 5.24. The molecule has 0 bridgehead atoms. The Morgan fingerprint density at radius 1 is 1.17 bits per heavy atom. The molecular formula is C17H14FN3O2S. The number of H-pyrrole nitrogens is 1. The Balaban J connectivity index is 2.00. The van der Waals surface area contributed by atoms with Gasteiger partial charge < -0.3 is 15.0 Å². The summed E-state index contributed by atoms with van der Waals surface area (Å²) in [6, 6.07) is 12.0. The van der Waals surface area contributed by atoms with E-state index >= 15 is 0 Å². The molecular weight excluding hydrogens is 329 g/mol. The van der Waals surface area contributed by atoms with E-state index in [-0.39, 0.29) is 17.5 Å². The fraction of sp³-hybridized carbons (Fsp3) is 0.0588. The molecule has 1 aromatic heterocycles. The van der Waals surface area contributed by atoms with Gasteiger partial charge in [0, 0.05) is 24.6 Å². The third-order valence-corrected chi connectivity index (χ3v) is 3.92. The van der Waals surface area contributed by atoms with E-state index in [9.17, 15) is 14.3 Å². The Hall–Kier alpha value is -2.93. The smallest absolute Gasteiger partial charge is 0.276 e. The highest BCUT2D eigenvalue weighted by Crippen LogP contribution is 2.21. The first kappa shape index (κ1) is 15.9. The molecule has 2 N–H and O–H groups in total. The van der Waals surface area contributed by atoms with Gasteiger partial charge in [-0.3, -0.25) is 9.36 Å². The zero-order valence-electron chi connectivity index (χ0n) is 12.7. The molecule has 0 fully saturated rings. The molecule has 3 rings (SSSR count). The number of nitrogens with zero attached hydrogens (tertiary/aromatic N) is 2. The molecule has 122 valence electrons. The number of hydrogen-bond acceptors (Lipinski definition) is 3. The molecule has 0 spiro atoms. The predicted octanol–water partition coefficient (Wildman–Crippen LogP) is 3.66. The third-order valence-electron chi connectivity index (χ3n) is 3.62. The van der Waals surface area contributed by atoms with Crippen molar-refractivity contribution in [2.75, 3.05) is 11.9 Å². The zero-order chi connectivity index (χ0) is 17.3. The van der Waals surface area contributed by atoms with Crippen LogP contribution in [0.4, 0.5) is 10.1 Å². The van der Waals surface area contributed by atoms with Gasteiger partial charge in [-0.15, -0.1) is 0 Å². The van der Waals surface area contributed by atoms with E-state index < -0.39 is 0 Å². The molecule has 7 heteroatoms. The number of nitrogens with one attached hydrogen (secondary N) is 1. The average molecular weight is 343 g/mol. The van der Waals surface area contributed by atoms with Crippen molar-refractivity contribution >= 4 is 23.8 Å². The number of rotatable bonds is 3. The Labute approximate surface area is 142 Å². The molecule has 2 aromatic carbocycles. The van der Waals surface area contributed by atoms with Gasteiger partial charge in [-0.05, 0) is 60.7 Å². The van der Waals surface area contributed by atoms with Gasteiger partial charge in [0.05, 0.1) is 0 Å². The van der Waals surface area contributed by atoms with Crippen molar-refractivity contribution in [1.82, 2.24) is 9.55 Å². The number of benzene rings is 2. The lowest BCUT2D eigenvalue weighted by Crippen LogP contribution is -2.28. The minimum atomic E-state index is -0.366. The number of phenolic OH excluding ortho intramolecular Hbond substituents is 1. The molecule has 5 nitrogen and oxygen atoms in total. The highest BCUT2D eigenvalue weighted by Gasteiger charge is 2.19. The minimum Gasteiger partial charge on any atom is -0.508 e. The molecule has 0 aliphatic heterocycles. The lowest BCUT2D eigenvalue weighted by Gasteiger charge is -2.18. The van der Waals surface area contributed by atoms with Crippen molar-refractivity contribution in [1.29, 1.82) is 0 Å². The van der Waals surface area contributed by atoms with Crippen LogP contribution in [-0.4, -0.2) is 27.6 Å². The average Bonchev–Trinajstić information content (AvgIpc) is 2.96. The van der Waals surface area contributed by atoms with Crippen LogP contribution >= 0.6 is 12.2 Å². The van der Waals surface area contributed by atoms with Gasteiger partial charge in [0.25, 0.3) is 5.91 Å². The first-order valence-corrected chi connectivity index (χ1v) is 7.51. The van der Waals surface area contributed by atoms with Crippen molar-refractivity contribution in [3.05, 3.63) is 71.0 Å². The lowest BCUT2D eigenvalue weighted by atomic mass is 10.2. The monoisotopic (exact) mass is 343 g/mol. The van der Waals surface area contributed by atoms with Gasteiger partial charge in [-0.2, -0.15) is 0 Å². The summed E-state index contributed by atoms with van der Waals surface area (Å²) in [7, 11) is 1.62. The molecule has 24 heavy (non-hydrogen) atoms. The Morgan fingerprint density at radius 2 is 1.79 bits per heavy atom. The van der Waals surface area contributed by atoms with Crippen molar-refractivity contribution < 1.29 is 14.3 Å². The van der Waals surface area contributed by atoms with E-state index in [0.717, 1.165) is 0 Å². The largest absolute Gasteiger partial charge is 0.508 e. The van der Waals surface area contributed by atoms with Gasteiger partial charge in [0.2, 0.25) is 0 Å². The topological polar surface area (TPSA) is 61.3 Å². The van der Waals surface area contributed by atoms with Gasteiger partial charge >= 0.3 is 0 Å². The van der Waals surface area contributed by atoms with Crippen LogP contribution < -0.4 is 4.90 Å². The van der Waals surface area contributed by atoms with E-state index in [1.165, 1.54) is 35.4 Å². The van der Waals surface area contributed by atoms with Gasteiger partial charge in [-0.25, -0.2) is 4.39 Å². The maximum atomic E-state index is 13.1. The van der Waals surface area contributed by atoms with E-state index in [0.29, 0.717) is 21.8 Å². The van der Waals surface area contributed by atoms with Crippen molar-refractivity contribution in [2.24, 2.45) is 0 Å². The minimum absolute atomic E-state index is 0.121. The number of hydrogen-bond donors (Lipinski definition) is 2. The summed E-state index contributed by atoms with van der Waals surface area (Å²) in [5.74, 6) is -0.539. The number of aromatic amines is 1. The number of aromatic hydroxyl groups is 1. The number of carbonyl (C=O) groups excluding carboxylic acids is 1. The van der Waals surface area contributed by atoms with Gasteiger partial charge in [0.1, 0.15) is 17.3 Å². The summed E-state index contributed by atoms with van der Waals surface area (Å²) in [5, 5.41) is 9.36. The molecule has 0 saturated carbocycles. The van der Waals surface area contributed by atoms with E-state index in [2.05, 4.69) is 4.98 Å². The quantitative estimate of drug-likeness (QED) is 0.714. The second kappa shape index (κ2) is 6.29. The summed E-state index contributed by atoms with van der Waals surface area (Å²) in [4.78, 5) is 17.1. The Bertz CT molecular complexity index is 930. The van der Waals surface area contributed by atoms with Crippen LogP contribution in [-0.2, 0) is 0 Å². The van der Waals surface area contributed by atoms with Crippen LogP contribution in [0.25, 0.3) is 5.69 Å². The van der Waals surface area contributed by atoms with Crippen LogP contribution in [0.1, 0.15) is 10.5 Å². The first-order valence-electron chi connectivity index (χ1n) is 7.11. The highest BCUT2D eigenvalue weighted by molar-refractivity contribution is 7.71. The number of anilines is 1. The van der Waals surface area contributed by atoms with Gasteiger partial charge in [0.15, 0.2) is 4.77 Å². The maximum Gasteiger partial charge on any atom is 0.276 e. The number of aromatic nitrogens is 2. The molecule has 1 amide bonds. The summed E-state index contributed by atoms with van der Waals surface area (Å²) in [6.45, 7) is 0. The summed E-state index contributed by atoms with van der Waals surface area (Å²) in [5.41, 5.74) is 1.53. The van der Waals surface area contributed by atoms with Gasteiger partial charge in [-0.1, -0.05) is 0 Å². The third kappa shape index (κ3) is 2.93. The number of phenols is 1. The molecule has 0 aliphatic carbocycles. The summed E-state index contributed by atoms with van der Waals surface area (Å²) in [6.07, 6.45) is 1.52. The predicted molar refractivity (Wildman–Crippen MR) is 91.8 cm³/mol. The van der Waals surface area contributed by atoms with Crippen LogP contribution in [0, 0.1) is 10.6 Å². The molecule has 1 heterocycles. The molecule has 3 aromatic rings. The fourth-order valence-electron chi connectivity index (χ4n) is 2.34. The van der Waals surface area contributed by atoms with Crippen molar-refractivity contribution in [3.8, 4) is 11.4 Å².